The Hall–Kier alpha value is -1.99. The van der Waals surface area contributed by atoms with Gasteiger partial charge in [-0.05, 0) is 39.0 Å². The molecule has 0 bridgehead atoms. The molecule has 8 heteroatoms. The van der Waals surface area contributed by atoms with Crippen molar-refractivity contribution in [1.29, 1.82) is 0 Å². The summed E-state index contributed by atoms with van der Waals surface area (Å²) in [4.78, 5) is 35.9. The molecule has 0 saturated heterocycles. The smallest absolute Gasteiger partial charge is 0.328 e. The van der Waals surface area contributed by atoms with Gasteiger partial charge in [-0.25, -0.2) is 14.4 Å². The highest BCUT2D eigenvalue weighted by Crippen LogP contribution is 2.04. The molecule has 0 rings (SSSR count). The number of amides is 4. The van der Waals surface area contributed by atoms with Gasteiger partial charge in [-0.2, -0.15) is 0 Å². The van der Waals surface area contributed by atoms with Crippen LogP contribution >= 0.6 is 0 Å². The summed E-state index contributed by atoms with van der Waals surface area (Å²) in [5, 5.41) is 11.2. The lowest BCUT2D eigenvalue weighted by atomic mass is 10.1. The molecule has 0 fully saturated rings. The molecule has 0 heterocycles. The number of nitrogens with one attached hydrogen (secondary N) is 4. The molecular weight excluding hydrogens is 384 g/mol. The number of ether oxygens (including phenoxy) is 1. The van der Waals surface area contributed by atoms with Crippen molar-refractivity contribution in [2.75, 3.05) is 26.2 Å². The van der Waals surface area contributed by atoms with Crippen LogP contribution in [-0.4, -0.2) is 50.3 Å². The van der Waals surface area contributed by atoms with E-state index >= 15 is 0 Å². The van der Waals surface area contributed by atoms with Gasteiger partial charge in [-0.1, -0.05) is 52.4 Å². The zero-order valence-corrected chi connectivity index (χ0v) is 19.3. The second-order valence-electron chi connectivity index (χ2n) is 7.50. The quantitative estimate of drug-likeness (QED) is 0.196. The first kappa shape index (κ1) is 28.0. The summed E-state index contributed by atoms with van der Waals surface area (Å²) in [7, 11) is 0. The van der Waals surface area contributed by atoms with E-state index in [1.54, 1.807) is 6.92 Å². The van der Waals surface area contributed by atoms with E-state index in [-0.39, 0.29) is 18.7 Å². The molecule has 0 spiro atoms. The molecule has 0 unspecified atom stereocenters. The Kier molecular flexibility index (Phi) is 18.9. The van der Waals surface area contributed by atoms with E-state index in [0.29, 0.717) is 32.5 Å². The molecule has 0 aliphatic rings. The molecule has 4 N–H and O–H groups in total. The Morgan fingerprint density at radius 3 is 1.67 bits per heavy atom. The monoisotopic (exact) mass is 428 g/mol. The van der Waals surface area contributed by atoms with E-state index in [9.17, 15) is 14.4 Å². The van der Waals surface area contributed by atoms with Crippen LogP contribution in [0.3, 0.4) is 0 Å². The summed E-state index contributed by atoms with van der Waals surface area (Å²) >= 11 is 0. The fourth-order valence-electron chi connectivity index (χ4n) is 2.95. The molecule has 0 aromatic rings. The van der Waals surface area contributed by atoms with Crippen LogP contribution < -0.4 is 21.3 Å². The molecule has 8 nitrogen and oxygen atoms in total. The molecule has 0 aliphatic carbocycles. The zero-order chi connectivity index (χ0) is 22.5. The van der Waals surface area contributed by atoms with Gasteiger partial charge in [-0.15, -0.1) is 0 Å². The van der Waals surface area contributed by atoms with Gasteiger partial charge in [0, 0.05) is 19.6 Å². The first-order valence-corrected chi connectivity index (χ1v) is 11.8. The number of urea groups is 2. The summed E-state index contributed by atoms with van der Waals surface area (Å²) < 4.78 is 5.07. The van der Waals surface area contributed by atoms with E-state index in [4.69, 9.17) is 4.74 Å². The number of esters is 1. The minimum Gasteiger partial charge on any atom is -0.464 e. The Morgan fingerprint density at radius 1 is 0.667 bits per heavy atom. The average molecular weight is 429 g/mol. The van der Waals surface area contributed by atoms with Gasteiger partial charge >= 0.3 is 18.0 Å². The van der Waals surface area contributed by atoms with Gasteiger partial charge in [0.05, 0.1) is 6.61 Å². The van der Waals surface area contributed by atoms with Gasteiger partial charge in [0.2, 0.25) is 0 Å². The highest BCUT2D eigenvalue weighted by Gasteiger charge is 2.21. The van der Waals surface area contributed by atoms with Crippen LogP contribution in [0.4, 0.5) is 9.59 Å². The fourth-order valence-corrected chi connectivity index (χ4v) is 2.95. The number of carbonyl (C=O) groups excluding carboxylic acids is 3. The number of rotatable bonds is 18. The van der Waals surface area contributed by atoms with Crippen molar-refractivity contribution >= 4 is 18.0 Å². The van der Waals surface area contributed by atoms with E-state index in [2.05, 4.69) is 35.1 Å². The van der Waals surface area contributed by atoms with Gasteiger partial charge < -0.3 is 26.0 Å². The normalized spacial score (nSPS) is 11.4. The summed E-state index contributed by atoms with van der Waals surface area (Å²) in [5.41, 5.74) is 0. The topological polar surface area (TPSA) is 109 Å². The minimum absolute atomic E-state index is 0.158. The van der Waals surface area contributed by atoms with Gasteiger partial charge in [-0.3, -0.25) is 0 Å². The van der Waals surface area contributed by atoms with Crippen molar-refractivity contribution in [3.63, 3.8) is 0 Å². The van der Waals surface area contributed by atoms with Crippen molar-refractivity contribution in [1.82, 2.24) is 21.3 Å². The van der Waals surface area contributed by atoms with Crippen LogP contribution in [0.1, 0.15) is 91.4 Å². The molecule has 0 aromatic carbocycles. The number of unbranched alkanes of at least 4 members (excludes halogenated alkanes) is 7. The van der Waals surface area contributed by atoms with E-state index < -0.39 is 12.0 Å². The largest absolute Gasteiger partial charge is 0.464 e. The Bertz CT molecular complexity index is 460. The molecular formula is C22H44N4O4. The van der Waals surface area contributed by atoms with Gasteiger partial charge in [0.15, 0.2) is 0 Å². The summed E-state index contributed by atoms with van der Waals surface area (Å²) in [5.74, 6) is -0.420. The van der Waals surface area contributed by atoms with Crippen LogP contribution in [0.2, 0.25) is 0 Å². The molecule has 30 heavy (non-hydrogen) atoms. The Labute approximate surface area is 182 Å². The van der Waals surface area contributed by atoms with Crippen LogP contribution in [-0.2, 0) is 9.53 Å². The Morgan fingerprint density at radius 2 is 1.17 bits per heavy atom. The van der Waals surface area contributed by atoms with Crippen molar-refractivity contribution in [2.45, 2.75) is 97.4 Å². The van der Waals surface area contributed by atoms with E-state index in [1.165, 1.54) is 12.8 Å². The lowest BCUT2D eigenvalue weighted by Gasteiger charge is -2.18. The zero-order valence-electron chi connectivity index (χ0n) is 19.3. The molecule has 0 radical (unpaired) electrons. The van der Waals surface area contributed by atoms with Gasteiger partial charge in [0.25, 0.3) is 0 Å². The molecule has 4 amide bonds. The highest BCUT2D eigenvalue weighted by atomic mass is 16.5. The maximum absolute atomic E-state index is 12.1. The van der Waals surface area contributed by atoms with Crippen molar-refractivity contribution in [3.05, 3.63) is 0 Å². The van der Waals surface area contributed by atoms with Crippen LogP contribution in [0.15, 0.2) is 0 Å². The third kappa shape index (κ3) is 16.9. The van der Waals surface area contributed by atoms with Crippen molar-refractivity contribution < 1.29 is 19.1 Å². The third-order valence-corrected chi connectivity index (χ3v) is 4.71. The molecule has 176 valence electrons. The molecule has 1 atom stereocenters. The van der Waals surface area contributed by atoms with Crippen LogP contribution in [0, 0.1) is 0 Å². The molecule has 0 aromatic heterocycles. The highest BCUT2D eigenvalue weighted by molar-refractivity contribution is 5.83. The van der Waals surface area contributed by atoms with Crippen molar-refractivity contribution in [2.24, 2.45) is 0 Å². The Balaban J connectivity index is 4.04. The van der Waals surface area contributed by atoms with Gasteiger partial charge in [0.1, 0.15) is 6.04 Å². The second-order valence-corrected chi connectivity index (χ2v) is 7.50. The summed E-state index contributed by atoms with van der Waals surface area (Å²) in [6, 6.07) is -1.17. The first-order valence-electron chi connectivity index (χ1n) is 11.8. The predicted octanol–water partition coefficient (Wildman–Crippen LogP) is 3.85. The molecule has 0 aliphatic heterocycles. The summed E-state index contributed by atoms with van der Waals surface area (Å²) in [6.07, 6.45) is 10.7. The predicted molar refractivity (Wildman–Crippen MR) is 120 cm³/mol. The maximum Gasteiger partial charge on any atom is 0.328 e. The average Bonchev–Trinajstić information content (AvgIpc) is 2.72. The van der Waals surface area contributed by atoms with Crippen molar-refractivity contribution in [3.8, 4) is 0 Å². The van der Waals surface area contributed by atoms with E-state index in [1.807, 2.05) is 0 Å². The third-order valence-electron chi connectivity index (χ3n) is 4.71. The lowest BCUT2D eigenvalue weighted by molar-refractivity contribution is -0.145. The number of hydrogen-bond acceptors (Lipinski definition) is 4. The second kappa shape index (κ2) is 20.3. The minimum atomic E-state index is -0.673. The summed E-state index contributed by atoms with van der Waals surface area (Å²) in [6.45, 7) is 8.13. The first-order chi connectivity index (χ1) is 14.5. The maximum atomic E-state index is 12.1. The standard InChI is InChI=1S/C22H44N4O4/c1-4-7-9-12-16-23-21(28)24-18-14-11-15-19(20(27)30-6-3)26-22(29)25-17-13-10-8-5-2/h19H,4-18H2,1-3H3,(H2,23,24,28)(H2,25,26,29)/t19-/m0/s1. The molecule has 0 saturated carbocycles. The van der Waals surface area contributed by atoms with Crippen LogP contribution in [0.25, 0.3) is 0 Å². The van der Waals surface area contributed by atoms with Crippen LogP contribution in [0.5, 0.6) is 0 Å². The SMILES string of the molecule is CCCCCCNC(=O)NCCCC[C@H](NC(=O)NCCCCCC)C(=O)OCC. The van der Waals surface area contributed by atoms with E-state index in [0.717, 1.165) is 44.9 Å². The number of hydrogen-bond donors (Lipinski definition) is 4. The fraction of sp³-hybridized carbons (Fsp3) is 0.864. The number of carbonyl (C=O) groups is 3. The lowest BCUT2D eigenvalue weighted by Crippen LogP contribution is -2.47.